The van der Waals surface area contributed by atoms with E-state index in [4.69, 9.17) is 0 Å². The lowest BCUT2D eigenvalue weighted by Gasteiger charge is -2.37. The van der Waals surface area contributed by atoms with Gasteiger partial charge in [-0.3, -0.25) is 4.79 Å². The largest absolute Gasteiger partial charge is 0.333 e. The van der Waals surface area contributed by atoms with Crippen LogP contribution in [0, 0.1) is 12.7 Å². The van der Waals surface area contributed by atoms with Gasteiger partial charge in [-0.25, -0.2) is 19.3 Å². The Labute approximate surface area is 193 Å². The molecule has 1 amide bonds. The number of amides is 1. The third-order valence-corrected chi connectivity index (χ3v) is 5.90. The van der Waals surface area contributed by atoms with Gasteiger partial charge >= 0.3 is 0 Å². The van der Waals surface area contributed by atoms with Gasteiger partial charge in [0.25, 0.3) is 5.91 Å². The molecule has 0 bridgehead atoms. The van der Waals surface area contributed by atoms with E-state index in [9.17, 15) is 9.18 Å². The molecule has 2 atom stereocenters. The van der Waals surface area contributed by atoms with Crippen molar-refractivity contribution >= 4 is 17.5 Å². The van der Waals surface area contributed by atoms with Crippen molar-refractivity contribution in [2.75, 3.05) is 18.4 Å². The van der Waals surface area contributed by atoms with E-state index < -0.39 is 5.82 Å². The van der Waals surface area contributed by atoms with E-state index in [2.05, 4.69) is 32.5 Å². The number of nitrogens with one attached hydrogen (secondary N) is 2. The molecular formula is C24H30FN7O. The number of hydrogen-bond acceptors (Lipinski definition) is 6. The number of carbonyl (C=O) groups is 1. The first-order valence-corrected chi connectivity index (χ1v) is 11.2. The van der Waals surface area contributed by atoms with Crippen LogP contribution in [0.3, 0.4) is 0 Å². The molecule has 1 saturated heterocycles. The zero-order chi connectivity index (χ0) is 23.7. The van der Waals surface area contributed by atoms with E-state index >= 15 is 0 Å². The molecule has 8 nitrogen and oxygen atoms in total. The Morgan fingerprint density at radius 3 is 2.61 bits per heavy atom. The smallest absolute Gasteiger partial charge is 0.254 e. The zero-order valence-electron chi connectivity index (χ0n) is 19.6. The van der Waals surface area contributed by atoms with Crippen molar-refractivity contribution in [2.24, 2.45) is 0 Å². The van der Waals surface area contributed by atoms with Crippen LogP contribution in [-0.4, -0.2) is 55.5 Å². The highest BCUT2D eigenvalue weighted by molar-refractivity contribution is 5.95. The molecule has 0 unspecified atom stereocenters. The lowest BCUT2D eigenvalue weighted by Crippen LogP contribution is -2.56. The molecule has 3 heterocycles. The highest BCUT2D eigenvalue weighted by atomic mass is 19.1. The SMILES string of the molecule is Cc1ncc(-c2nc(Nc3ccc(C(=O)N4C[C@H](C)NC[C@H]4C)cc3)ncc2F)n1C(C)C. The molecule has 33 heavy (non-hydrogen) atoms. The van der Waals surface area contributed by atoms with Gasteiger partial charge in [0.15, 0.2) is 5.82 Å². The minimum atomic E-state index is -0.511. The first kappa shape index (κ1) is 22.8. The van der Waals surface area contributed by atoms with Crippen LogP contribution in [0.4, 0.5) is 16.0 Å². The second kappa shape index (κ2) is 9.27. The van der Waals surface area contributed by atoms with Gasteiger partial charge in [-0.15, -0.1) is 0 Å². The maximum atomic E-state index is 14.6. The Hall–Kier alpha value is -3.33. The number of aryl methyl sites for hydroxylation is 1. The highest BCUT2D eigenvalue weighted by Gasteiger charge is 2.27. The lowest BCUT2D eigenvalue weighted by atomic mass is 10.1. The average molecular weight is 452 g/mol. The quantitative estimate of drug-likeness (QED) is 0.611. The summed E-state index contributed by atoms with van der Waals surface area (Å²) >= 11 is 0. The molecule has 2 aromatic heterocycles. The third-order valence-electron chi connectivity index (χ3n) is 5.90. The molecule has 174 valence electrons. The summed E-state index contributed by atoms with van der Waals surface area (Å²) in [6.07, 6.45) is 2.78. The molecule has 0 aliphatic carbocycles. The molecule has 4 rings (SSSR count). The summed E-state index contributed by atoms with van der Waals surface area (Å²) in [5.41, 5.74) is 2.12. The topological polar surface area (TPSA) is 88.0 Å². The lowest BCUT2D eigenvalue weighted by molar-refractivity contribution is 0.0616. The van der Waals surface area contributed by atoms with Crippen LogP contribution >= 0.6 is 0 Å². The first-order chi connectivity index (χ1) is 15.7. The molecule has 0 radical (unpaired) electrons. The standard InChI is InChI=1S/C24H30FN7O/c1-14(2)32-17(5)27-12-21(32)22-20(25)11-28-24(30-22)29-19-8-6-18(7-9-19)23(33)31-13-15(3)26-10-16(31)4/h6-9,11-12,14-16,26H,10,13H2,1-5H3,(H,28,29,30)/t15-,16+/m0/s1. The van der Waals surface area contributed by atoms with Crippen LogP contribution in [0.1, 0.15) is 49.9 Å². The number of hydrogen-bond donors (Lipinski definition) is 2. The Kier molecular flexibility index (Phi) is 6.42. The van der Waals surface area contributed by atoms with Gasteiger partial charge in [-0.2, -0.15) is 0 Å². The van der Waals surface area contributed by atoms with E-state index in [0.717, 1.165) is 18.6 Å². The van der Waals surface area contributed by atoms with Gasteiger partial charge in [0, 0.05) is 42.5 Å². The molecule has 1 fully saturated rings. The van der Waals surface area contributed by atoms with Crippen molar-refractivity contribution in [1.82, 2.24) is 29.7 Å². The number of imidazole rings is 1. The molecule has 9 heteroatoms. The number of nitrogens with zero attached hydrogens (tertiary/aromatic N) is 5. The normalized spacial score (nSPS) is 18.6. The number of anilines is 2. The van der Waals surface area contributed by atoms with Crippen molar-refractivity contribution in [2.45, 2.75) is 52.7 Å². The van der Waals surface area contributed by atoms with Crippen molar-refractivity contribution in [3.05, 3.63) is 53.9 Å². The molecule has 3 aromatic rings. The van der Waals surface area contributed by atoms with Crippen molar-refractivity contribution in [3.8, 4) is 11.4 Å². The van der Waals surface area contributed by atoms with Crippen LogP contribution in [0.2, 0.25) is 0 Å². The van der Waals surface area contributed by atoms with E-state index in [0.29, 0.717) is 23.5 Å². The van der Waals surface area contributed by atoms with Crippen LogP contribution in [0.5, 0.6) is 0 Å². The maximum Gasteiger partial charge on any atom is 0.254 e. The molecule has 0 spiro atoms. The fourth-order valence-corrected chi connectivity index (χ4v) is 4.18. The summed E-state index contributed by atoms with van der Waals surface area (Å²) in [5.74, 6) is 0.563. The van der Waals surface area contributed by atoms with Crippen LogP contribution in [0.25, 0.3) is 11.4 Å². The maximum absolute atomic E-state index is 14.6. The fourth-order valence-electron chi connectivity index (χ4n) is 4.18. The van der Waals surface area contributed by atoms with Gasteiger partial charge in [0.2, 0.25) is 5.95 Å². The molecule has 1 aliphatic rings. The fraction of sp³-hybridized carbons (Fsp3) is 0.417. The number of rotatable bonds is 5. The van der Waals surface area contributed by atoms with E-state index in [1.165, 1.54) is 0 Å². The molecule has 2 N–H and O–H groups in total. The summed E-state index contributed by atoms with van der Waals surface area (Å²) in [5, 5.41) is 6.49. The summed E-state index contributed by atoms with van der Waals surface area (Å²) in [6.45, 7) is 11.5. The minimum Gasteiger partial charge on any atom is -0.333 e. The number of aromatic nitrogens is 4. The van der Waals surface area contributed by atoms with E-state index in [1.54, 1.807) is 30.5 Å². The third kappa shape index (κ3) is 4.73. The Morgan fingerprint density at radius 2 is 1.91 bits per heavy atom. The van der Waals surface area contributed by atoms with Gasteiger partial charge in [0.05, 0.1) is 18.1 Å². The second-order valence-corrected chi connectivity index (χ2v) is 8.86. The van der Waals surface area contributed by atoms with E-state index in [1.807, 2.05) is 37.2 Å². The summed E-state index contributed by atoms with van der Waals surface area (Å²) < 4.78 is 16.5. The predicted octanol–water partition coefficient (Wildman–Crippen LogP) is 3.93. The minimum absolute atomic E-state index is 0.0139. The number of halogens is 1. The van der Waals surface area contributed by atoms with Gasteiger partial charge < -0.3 is 20.1 Å². The Balaban J connectivity index is 1.53. The van der Waals surface area contributed by atoms with E-state index in [-0.39, 0.29) is 35.7 Å². The zero-order valence-corrected chi connectivity index (χ0v) is 19.6. The monoisotopic (exact) mass is 451 g/mol. The number of carbonyl (C=O) groups excluding carboxylic acids is 1. The van der Waals surface area contributed by atoms with Crippen molar-refractivity contribution < 1.29 is 9.18 Å². The molecule has 1 aromatic carbocycles. The second-order valence-electron chi connectivity index (χ2n) is 8.86. The van der Waals surface area contributed by atoms with Crippen molar-refractivity contribution in [1.29, 1.82) is 0 Å². The summed E-state index contributed by atoms with van der Waals surface area (Å²) in [4.78, 5) is 27.7. The Bertz CT molecular complexity index is 1140. The van der Waals surface area contributed by atoms with Crippen LogP contribution < -0.4 is 10.6 Å². The van der Waals surface area contributed by atoms with Crippen molar-refractivity contribution in [3.63, 3.8) is 0 Å². The molecular weight excluding hydrogens is 421 g/mol. The van der Waals surface area contributed by atoms with Gasteiger partial charge in [-0.1, -0.05) is 0 Å². The summed E-state index contributed by atoms with van der Waals surface area (Å²) in [7, 11) is 0. The average Bonchev–Trinajstić information content (AvgIpc) is 3.18. The van der Waals surface area contributed by atoms with Gasteiger partial charge in [-0.05, 0) is 58.9 Å². The predicted molar refractivity (Wildman–Crippen MR) is 126 cm³/mol. The van der Waals surface area contributed by atoms with Crippen LogP contribution in [-0.2, 0) is 0 Å². The Morgan fingerprint density at radius 1 is 1.18 bits per heavy atom. The number of benzene rings is 1. The van der Waals surface area contributed by atoms with Gasteiger partial charge in [0.1, 0.15) is 11.5 Å². The van der Waals surface area contributed by atoms with Crippen LogP contribution in [0.15, 0.2) is 36.7 Å². The molecule has 0 saturated carbocycles. The highest BCUT2D eigenvalue weighted by Crippen LogP contribution is 2.26. The number of piperazine rings is 1. The summed E-state index contributed by atoms with van der Waals surface area (Å²) in [6, 6.07) is 7.70. The molecule has 1 aliphatic heterocycles. The first-order valence-electron chi connectivity index (χ1n) is 11.2.